The normalized spacial score (nSPS) is 10.6. The Morgan fingerprint density at radius 1 is 1.36 bits per heavy atom. The molecular weight excluding hydrogens is 168 g/mol. The van der Waals surface area contributed by atoms with Crippen LogP contribution >= 0.6 is 0 Å². The van der Waals surface area contributed by atoms with E-state index in [0.717, 1.165) is 17.6 Å². The van der Waals surface area contributed by atoms with Crippen molar-refractivity contribution in [3.63, 3.8) is 0 Å². The van der Waals surface area contributed by atoms with Gasteiger partial charge in [0.25, 0.3) is 0 Å². The van der Waals surface area contributed by atoms with Gasteiger partial charge < -0.3 is 0 Å². The summed E-state index contributed by atoms with van der Waals surface area (Å²) in [5.74, 6) is 6.10. The SMILES string of the molecule is C=C/C(C)=C\C(C#CCC)=C/C.CC. The van der Waals surface area contributed by atoms with Gasteiger partial charge in [-0.15, -0.1) is 0 Å². The summed E-state index contributed by atoms with van der Waals surface area (Å²) in [5, 5.41) is 0. The lowest BCUT2D eigenvalue weighted by Gasteiger charge is -1.90. The van der Waals surface area contributed by atoms with E-state index in [2.05, 4.69) is 18.4 Å². The van der Waals surface area contributed by atoms with Crippen molar-refractivity contribution in [3.05, 3.63) is 36.0 Å². The van der Waals surface area contributed by atoms with Crippen molar-refractivity contribution in [3.8, 4) is 11.8 Å². The van der Waals surface area contributed by atoms with E-state index in [1.54, 1.807) is 0 Å². The van der Waals surface area contributed by atoms with Gasteiger partial charge in [-0.3, -0.25) is 0 Å². The molecule has 0 spiro atoms. The molecular formula is C14H22. The van der Waals surface area contributed by atoms with Crippen molar-refractivity contribution >= 4 is 0 Å². The molecule has 0 bridgehead atoms. The van der Waals surface area contributed by atoms with Gasteiger partial charge in [-0.25, -0.2) is 0 Å². The maximum atomic E-state index is 3.68. The standard InChI is InChI=1S/C12H16.C2H6/c1-5-8-9-12(7-3)10-11(4)6-2;1-2/h6-7,10H,2,5H2,1,3-4H3;1-2H3/b11-10-,12-7-;. The van der Waals surface area contributed by atoms with Gasteiger partial charge in [-0.2, -0.15) is 0 Å². The first kappa shape index (κ1) is 15.3. The third-order valence-electron chi connectivity index (χ3n) is 1.43. The molecule has 0 aromatic rings. The second kappa shape index (κ2) is 11.8. The van der Waals surface area contributed by atoms with Gasteiger partial charge in [0.2, 0.25) is 0 Å². The Morgan fingerprint density at radius 3 is 2.29 bits per heavy atom. The number of hydrogen-bond acceptors (Lipinski definition) is 0. The van der Waals surface area contributed by atoms with Crippen molar-refractivity contribution in [2.75, 3.05) is 0 Å². The Hall–Kier alpha value is -1.22. The molecule has 0 aromatic carbocycles. The lowest BCUT2D eigenvalue weighted by molar-refractivity contribution is 1.28. The van der Waals surface area contributed by atoms with Gasteiger partial charge in [0.15, 0.2) is 0 Å². The summed E-state index contributed by atoms with van der Waals surface area (Å²) >= 11 is 0. The molecule has 0 rings (SSSR count). The quantitative estimate of drug-likeness (QED) is 0.444. The van der Waals surface area contributed by atoms with E-state index in [-0.39, 0.29) is 0 Å². The average molecular weight is 190 g/mol. The van der Waals surface area contributed by atoms with Gasteiger partial charge in [-0.05, 0) is 19.9 Å². The van der Waals surface area contributed by atoms with Crippen LogP contribution in [0.25, 0.3) is 0 Å². The highest BCUT2D eigenvalue weighted by Crippen LogP contribution is 2.01. The molecule has 0 radical (unpaired) electrons. The molecule has 0 amide bonds. The smallest absolute Gasteiger partial charge is 0.0205 e. The van der Waals surface area contributed by atoms with Gasteiger partial charge >= 0.3 is 0 Å². The third-order valence-corrected chi connectivity index (χ3v) is 1.43. The van der Waals surface area contributed by atoms with E-state index in [1.807, 2.05) is 52.8 Å². The zero-order valence-corrected chi connectivity index (χ0v) is 10.1. The van der Waals surface area contributed by atoms with Crippen LogP contribution in [0, 0.1) is 11.8 Å². The molecule has 0 unspecified atom stereocenters. The molecule has 14 heavy (non-hydrogen) atoms. The fraction of sp³-hybridized carbons (Fsp3) is 0.429. The second-order valence-corrected chi connectivity index (χ2v) is 2.49. The molecule has 0 saturated carbocycles. The molecule has 0 fully saturated rings. The van der Waals surface area contributed by atoms with Crippen LogP contribution in [0.15, 0.2) is 36.0 Å². The molecule has 0 heteroatoms. The minimum Gasteiger partial charge on any atom is -0.0988 e. The van der Waals surface area contributed by atoms with E-state index in [0.29, 0.717) is 0 Å². The Bertz CT molecular complexity index is 253. The zero-order chi connectivity index (χ0) is 11.4. The maximum absolute atomic E-state index is 3.68. The first-order valence-corrected chi connectivity index (χ1v) is 5.20. The van der Waals surface area contributed by atoms with Crippen molar-refractivity contribution in [1.29, 1.82) is 0 Å². The van der Waals surface area contributed by atoms with Crippen LogP contribution < -0.4 is 0 Å². The lowest BCUT2D eigenvalue weighted by atomic mass is 10.1. The average Bonchev–Trinajstić information content (AvgIpc) is 2.26. The van der Waals surface area contributed by atoms with E-state index in [9.17, 15) is 0 Å². The van der Waals surface area contributed by atoms with Gasteiger partial charge in [0.1, 0.15) is 0 Å². The van der Waals surface area contributed by atoms with Crippen LogP contribution in [0.3, 0.4) is 0 Å². The molecule has 78 valence electrons. The van der Waals surface area contributed by atoms with Crippen molar-refractivity contribution in [1.82, 2.24) is 0 Å². The maximum Gasteiger partial charge on any atom is 0.0205 e. The molecule has 0 N–H and O–H groups in total. The molecule has 0 heterocycles. The molecule has 0 aliphatic rings. The van der Waals surface area contributed by atoms with Gasteiger partial charge in [-0.1, -0.05) is 56.9 Å². The van der Waals surface area contributed by atoms with E-state index in [1.165, 1.54) is 0 Å². The highest BCUT2D eigenvalue weighted by atomic mass is 13.9. The third kappa shape index (κ3) is 8.87. The summed E-state index contributed by atoms with van der Waals surface area (Å²) in [6.45, 7) is 13.7. The highest BCUT2D eigenvalue weighted by molar-refractivity contribution is 5.41. The van der Waals surface area contributed by atoms with Crippen LogP contribution in [0.4, 0.5) is 0 Å². The molecule has 0 nitrogen and oxygen atoms in total. The fourth-order valence-corrected chi connectivity index (χ4v) is 0.686. The predicted octanol–water partition coefficient (Wildman–Crippen LogP) is 4.50. The summed E-state index contributed by atoms with van der Waals surface area (Å²) < 4.78 is 0. The van der Waals surface area contributed by atoms with Crippen molar-refractivity contribution < 1.29 is 0 Å². The van der Waals surface area contributed by atoms with Crippen LogP contribution in [-0.2, 0) is 0 Å². The Labute approximate surface area is 89.4 Å². The van der Waals surface area contributed by atoms with E-state index >= 15 is 0 Å². The monoisotopic (exact) mass is 190 g/mol. The van der Waals surface area contributed by atoms with Crippen LogP contribution in [0.2, 0.25) is 0 Å². The molecule has 0 saturated heterocycles. The van der Waals surface area contributed by atoms with Crippen LogP contribution in [-0.4, -0.2) is 0 Å². The Kier molecular flexibility index (Phi) is 12.8. The topological polar surface area (TPSA) is 0 Å². The molecule has 0 aliphatic carbocycles. The summed E-state index contributed by atoms with van der Waals surface area (Å²) in [6, 6.07) is 0. The number of hydrogen-bond donors (Lipinski definition) is 0. The number of allylic oxidation sites excluding steroid dienone is 5. The summed E-state index contributed by atoms with van der Waals surface area (Å²) in [7, 11) is 0. The minimum absolute atomic E-state index is 0.901. The Balaban J connectivity index is 0. The zero-order valence-electron chi connectivity index (χ0n) is 10.1. The van der Waals surface area contributed by atoms with Crippen LogP contribution in [0.1, 0.15) is 41.0 Å². The second-order valence-electron chi connectivity index (χ2n) is 2.49. The van der Waals surface area contributed by atoms with E-state index in [4.69, 9.17) is 0 Å². The first-order valence-electron chi connectivity index (χ1n) is 5.20. The molecule has 0 aromatic heterocycles. The summed E-state index contributed by atoms with van der Waals surface area (Å²) in [5.41, 5.74) is 2.21. The first-order chi connectivity index (χ1) is 6.74. The summed E-state index contributed by atoms with van der Waals surface area (Å²) in [6.07, 6.45) is 6.78. The largest absolute Gasteiger partial charge is 0.0988 e. The van der Waals surface area contributed by atoms with Gasteiger partial charge in [0, 0.05) is 12.0 Å². The van der Waals surface area contributed by atoms with E-state index < -0.39 is 0 Å². The predicted molar refractivity (Wildman–Crippen MR) is 67.1 cm³/mol. The lowest BCUT2D eigenvalue weighted by Crippen LogP contribution is -1.74. The summed E-state index contributed by atoms with van der Waals surface area (Å²) in [4.78, 5) is 0. The molecule has 0 atom stereocenters. The van der Waals surface area contributed by atoms with Crippen LogP contribution in [0.5, 0.6) is 0 Å². The number of rotatable bonds is 2. The van der Waals surface area contributed by atoms with Crippen molar-refractivity contribution in [2.45, 2.75) is 41.0 Å². The Morgan fingerprint density at radius 2 is 1.93 bits per heavy atom. The highest BCUT2D eigenvalue weighted by Gasteiger charge is 1.84. The fourth-order valence-electron chi connectivity index (χ4n) is 0.686. The van der Waals surface area contributed by atoms with Gasteiger partial charge in [0.05, 0.1) is 0 Å². The minimum atomic E-state index is 0.901. The molecule has 0 aliphatic heterocycles. The van der Waals surface area contributed by atoms with Crippen molar-refractivity contribution in [2.24, 2.45) is 0 Å².